The Morgan fingerprint density at radius 1 is 0.548 bits per heavy atom. The van der Waals surface area contributed by atoms with Crippen molar-refractivity contribution in [2.24, 2.45) is 0 Å². The van der Waals surface area contributed by atoms with Crippen LogP contribution in [0.25, 0.3) is 46.4 Å². The molecule has 0 saturated carbocycles. The predicted octanol–water partition coefficient (Wildman–Crippen LogP) is 5.08. The monoisotopic (exact) mass is 566 g/mol. The van der Waals surface area contributed by atoms with Crippen molar-refractivity contribution in [3.05, 3.63) is 138 Å². The lowest BCUT2D eigenvalue weighted by Gasteiger charge is -1.95. The summed E-state index contributed by atoms with van der Waals surface area (Å²) >= 11 is 0. The van der Waals surface area contributed by atoms with Gasteiger partial charge in [-0.15, -0.1) is 0 Å². The van der Waals surface area contributed by atoms with Crippen molar-refractivity contribution >= 4 is 57.7 Å². The highest BCUT2D eigenvalue weighted by molar-refractivity contribution is 5.79. The van der Waals surface area contributed by atoms with Crippen LogP contribution < -0.4 is 9.81 Å². The second-order valence-corrected chi connectivity index (χ2v) is 8.72. The Kier molecular flexibility index (Phi) is 7.59. The molecule has 208 valence electrons. The molecule has 0 aliphatic rings. The summed E-state index contributed by atoms with van der Waals surface area (Å²) in [6.45, 7) is 0. The molecule has 0 atom stereocenters. The van der Waals surface area contributed by atoms with Gasteiger partial charge in [0.05, 0.1) is 9.85 Å². The van der Waals surface area contributed by atoms with E-state index >= 15 is 0 Å². The minimum Gasteiger partial charge on any atom is -0.359 e. The Bertz CT molecular complexity index is 1960. The van der Waals surface area contributed by atoms with Crippen molar-refractivity contribution in [3.8, 4) is 0 Å². The van der Waals surface area contributed by atoms with E-state index in [1.807, 2.05) is 12.2 Å². The molecule has 0 aliphatic heterocycles. The highest BCUT2D eigenvalue weighted by atomic mass is 16.8. The molecule has 4 aromatic carbocycles. The zero-order chi connectivity index (χ0) is 29.6. The van der Waals surface area contributed by atoms with Crippen molar-refractivity contribution < 1.29 is 28.9 Å². The lowest BCUT2D eigenvalue weighted by molar-refractivity contribution is -0.782. The fourth-order valence-corrected chi connectivity index (χ4v) is 3.79. The third-order valence-electron chi connectivity index (χ3n) is 5.96. The van der Waals surface area contributed by atoms with E-state index in [-0.39, 0.29) is 11.4 Å². The van der Waals surface area contributed by atoms with Gasteiger partial charge in [0, 0.05) is 46.7 Å². The van der Waals surface area contributed by atoms with Crippen molar-refractivity contribution in [3.63, 3.8) is 0 Å². The first-order chi connectivity index (χ1) is 20.3. The van der Waals surface area contributed by atoms with Gasteiger partial charge in [0.15, 0.2) is 0 Å². The van der Waals surface area contributed by atoms with Crippen LogP contribution >= 0.6 is 0 Å². The number of benzene rings is 4. The molecule has 6 aromatic rings. The molecule has 0 fully saturated rings. The first-order valence-corrected chi connectivity index (χ1v) is 12.1. The average molecular weight is 566 g/mol. The van der Waals surface area contributed by atoms with E-state index in [4.69, 9.17) is 0 Å². The second kappa shape index (κ2) is 11.7. The number of nitrogens with zero attached hydrogens (tertiary/aromatic N) is 6. The van der Waals surface area contributed by atoms with Crippen LogP contribution in [0.2, 0.25) is 0 Å². The van der Waals surface area contributed by atoms with Crippen LogP contribution in [0.15, 0.2) is 94.2 Å². The Labute approximate surface area is 235 Å². The van der Waals surface area contributed by atoms with Crippen molar-refractivity contribution in [1.29, 1.82) is 0 Å². The summed E-state index contributed by atoms with van der Waals surface area (Å²) in [6.07, 6.45) is 7.24. The first kappa shape index (κ1) is 27.1. The molecule has 2 aromatic heterocycles. The van der Waals surface area contributed by atoms with Gasteiger partial charge >= 0.3 is 0 Å². The summed E-state index contributed by atoms with van der Waals surface area (Å²) in [5.74, 6) is 0. The first-order valence-electron chi connectivity index (χ1n) is 12.1. The van der Waals surface area contributed by atoms with Gasteiger partial charge in [-0.1, -0.05) is 36.4 Å². The molecule has 0 amide bonds. The number of rotatable bonds is 6. The van der Waals surface area contributed by atoms with Gasteiger partial charge in [-0.25, -0.2) is 0 Å². The third-order valence-corrected chi connectivity index (χ3v) is 5.96. The fraction of sp³-hybridized carbons (Fsp3) is 0. The van der Waals surface area contributed by atoms with Crippen LogP contribution in [0.4, 0.5) is 11.4 Å². The van der Waals surface area contributed by atoms with E-state index in [1.54, 1.807) is 72.8 Å². The highest BCUT2D eigenvalue weighted by Crippen LogP contribution is 2.18. The molecule has 6 rings (SSSR count). The topological polar surface area (TPSA) is 192 Å². The predicted molar refractivity (Wildman–Crippen MR) is 150 cm³/mol. The minimum absolute atomic E-state index is 0.0467. The molecular formula is C28H18N6O8. The number of non-ortho nitro benzene ring substituents is 2. The molecule has 0 radical (unpaired) electrons. The molecule has 0 unspecified atom stereocenters. The zero-order valence-corrected chi connectivity index (χ0v) is 21.3. The Balaban J connectivity index is 0.000000168. The van der Waals surface area contributed by atoms with Crippen LogP contribution in [0.5, 0.6) is 0 Å². The van der Waals surface area contributed by atoms with E-state index in [0.717, 1.165) is 22.3 Å². The summed E-state index contributed by atoms with van der Waals surface area (Å²) in [4.78, 5) is 20.9. The molecule has 42 heavy (non-hydrogen) atoms. The number of hydrogen-bond donors (Lipinski definition) is 0. The number of nitro benzene ring substituents is 2. The number of nitro groups is 2. The molecule has 0 aliphatic carbocycles. The summed E-state index contributed by atoms with van der Waals surface area (Å²) in [5.41, 5.74) is 5.06. The zero-order valence-electron chi connectivity index (χ0n) is 21.3. The maximum atomic E-state index is 11.3. The van der Waals surface area contributed by atoms with Crippen molar-refractivity contribution in [2.75, 3.05) is 0 Å². The van der Waals surface area contributed by atoms with Crippen molar-refractivity contribution in [2.45, 2.75) is 0 Å². The summed E-state index contributed by atoms with van der Waals surface area (Å²) in [6, 6.07) is 22.6. The Morgan fingerprint density at radius 2 is 0.976 bits per heavy atom. The Morgan fingerprint density at radius 3 is 1.52 bits per heavy atom. The number of aromatic nitrogens is 4. The molecule has 0 N–H and O–H groups in total. The lowest BCUT2D eigenvalue weighted by atomic mass is 10.1. The highest BCUT2D eigenvalue weighted by Gasteiger charge is 2.09. The number of fused-ring (bicyclic) bond motifs is 2. The molecule has 14 nitrogen and oxygen atoms in total. The standard InChI is InChI=1S/2C14H9N3O4/c18-16(19)12-6-3-10(4-7-12)1-2-11-5-8-14-13(9-11)15-21-17(14)20;18-16(19)12-6-3-10(4-7-12)1-2-11-5-8-13-14(9-11)17(20)21-15-13/h2*1-9H/b2*2-1+. The summed E-state index contributed by atoms with van der Waals surface area (Å²) in [7, 11) is 0. The maximum Gasteiger partial charge on any atom is 0.269 e. The van der Waals surface area contributed by atoms with Crippen LogP contribution in [0, 0.1) is 30.6 Å². The molecule has 0 spiro atoms. The van der Waals surface area contributed by atoms with E-state index < -0.39 is 9.85 Å². The van der Waals surface area contributed by atoms with E-state index in [9.17, 15) is 30.6 Å². The van der Waals surface area contributed by atoms with E-state index in [0.29, 0.717) is 31.9 Å². The van der Waals surface area contributed by atoms with Crippen LogP contribution in [0.1, 0.15) is 22.3 Å². The summed E-state index contributed by atoms with van der Waals surface area (Å²) < 4.78 is 8.98. The van der Waals surface area contributed by atoms with Gasteiger partial charge in [0.2, 0.25) is 22.1 Å². The van der Waals surface area contributed by atoms with E-state index in [1.165, 1.54) is 24.3 Å². The maximum absolute atomic E-state index is 11.3. The van der Waals surface area contributed by atoms with Gasteiger partial charge in [-0.05, 0) is 68.5 Å². The normalized spacial score (nSPS) is 11.2. The van der Waals surface area contributed by atoms with Crippen LogP contribution in [0.3, 0.4) is 0 Å². The minimum atomic E-state index is -0.444. The van der Waals surface area contributed by atoms with E-state index in [2.05, 4.69) is 19.6 Å². The molecule has 2 heterocycles. The van der Waals surface area contributed by atoms with Gasteiger partial charge in [0.1, 0.15) is 0 Å². The summed E-state index contributed by atoms with van der Waals surface area (Å²) in [5, 5.41) is 50.8. The Hall–Kier alpha value is -6.44. The van der Waals surface area contributed by atoms with Crippen LogP contribution in [-0.4, -0.2) is 20.2 Å². The van der Waals surface area contributed by atoms with Gasteiger partial charge < -0.3 is 10.4 Å². The third kappa shape index (κ3) is 6.23. The average Bonchev–Trinajstić information content (AvgIpc) is 3.57. The molecule has 0 saturated heterocycles. The van der Waals surface area contributed by atoms with Crippen molar-refractivity contribution in [1.82, 2.24) is 10.3 Å². The van der Waals surface area contributed by atoms with Gasteiger partial charge in [0.25, 0.3) is 11.4 Å². The molecular weight excluding hydrogens is 548 g/mol. The number of hydrogen-bond acceptors (Lipinski definition) is 10. The quantitative estimate of drug-likeness (QED) is 0.114. The SMILES string of the molecule is O=[N+]([O-])c1ccc(/C=C/c2ccc3c(c2)no[n+]3[O-])cc1.O=[N+]([O-])c1ccc(/C=C/c2ccc3no[n+]([O-])c3c2)cc1. The second-order valence-electron chi connectivity index (χ2n) is 8.72. The lowest BCUT2D eigenvalue weighted by Crippen LogP contribution is -2.22. The smallest absolute Gasteiger partial charge is 0.269 e. The van der Waals surface area contributed by atoms with Gasteiger partial charge in [-0.2, -0.15) is 0 Å². The largest absolute Gasteiger partial charge is 0.359 e. The van der Waals surface area contributed by atoms with Crippen LogP contribution in [-0.2, 0) is 0 Å². The molecule has 0 bridgehead atoms. The fourth-order valence-electron chi connectivity index (χ4n) is 3.79. The van der Waals surface area contributed by atoms with Gasteiger partial charge in [-0.3, -0.25) is 29.5 Å². The molecule has 14 heteroatoms.